The molecule has 1 heterocycles. The Kier molecular flexibility index (Phi) is 6.95. The zero-order valence-corrected chi connectivity index (χ0v) is 21.0. The molecule has 0 saturated carbocycles. The third-order valence-electron chi connectivity index (χ3n) is 6.65. The van der Waals surface area contributed by atoms with E-state index in [9.17, 15) is 4.39 Å². The standard InChI is InChI=1S/C31H32FNO3/c1-4-34-29-27-18-26(33-19-21-10-13-25(32)14-11-21)15-16-28(27)36-31(2,3)30(29)35-20-22-9-12-23-7-5-6-8-24(23)17-22/h5-18,29-30,33H,4,19-20H2,1-3H3. The Balaban J connectivity index is 1.37. The molecule has 5 heteroatoms. The summed E-state index contributed by atoms with van der Waals surface area (Å²) < 4.78 is 32.5. The molecule has 1 N–H and O–H groups in total. The van der Waals surface area contributed by atoms with Crippen molar-refractivity contribution in [3.05, 3.63) is 107 Å². The molecule has 1 aliphatic heterocycles. The Morgan fingerprint density at radius 2 is 1.61 bits per heavy atom. The lowest BCUT2D eigenvalue weighted by Gasteiger charge is -2.44. The van der Waals surface area contributed by atoms with Crippen LogP contribution in [0, 0.1) is 5.82 Å². The summed E-state index contributed by atoms with van der Waals surface area (Å²) in [6.45, 7) is 7.71. The van der Waals surface area contributed by atoms with Crippen LogP contribution in [0.2, 0.25) is 0 Å². The van der Waals surface area contributed by atoms with Crippen molar-refractivity contribution in [1.29, 1.82) is 0 Å². The van der Waals surface area contributed by atoms with Crippen LogP contribution in [0.25, 0.3) is 10.8 Å². The van der Waals surface area contributed by atoms with Crippen molar-refractivity contribution in [2.24, 2.45) is 0 Å². The molecule has 2 unspecified atom stereocenters. The van der Waals surface area contributed by atoms with E-state index in [4.69, 9.17) is 14.2 Å². The van der Waals surface area contributed by atoms with Gasteiger partial charge < -0.3 is 19.5 Å². The van der Waals surface area contributed by atoms with E-state index < -0.39 is 5.60 Å². The fraction of sp³-hybridized carbons (Fsp3) is 0.290. The van der Waals surface area contributed by atoms with Crippen LogP contribution in [0.3, 0.4) is 0 Å². The second-order valence-electron chi connectivity index (χ2n) is 9.73. The maximum absolute atomic E-state index is 13.2. The summed E-state index contributed by atoms with van der Waals surface area (Å²) >= 11 is 0. The SMILES string of the molecule is CCOC1c2cc(NCc3ccc(F)cc3)ccc2OC(C)(C)C1OCc1ccc2ccccc2c1. The molecule has 4 nitrogen and oxygen atoms in total. The molecule has 1 aliphatic rings. The van der Waals surface area contributed by atoms with Crippen molar-refractivity contribution in [2.45, 2.75) is 51.7 Å². The second-order valence-corrected chi connectivity index (χ2v) is 9.73. The van der Waals surface area contributed by atoms with E-state index in [0.29, 0.717) is 19.8 Å². The molecule has 0 amide bonds. The van der Waals surface area contributed by atoms with E-state index in [2.05, 4.69) is 47.8 Å². The van der Waals surface area contributed by atoms with Crippen LogP contribution in [0.15, 0.2) is 84.9 Å². The lowest BCUT2D eigenvalue weighted by molar-refractivity contribution is -0.165. The molecular weight excluding hydrogens is 453 g/mol. The number of fused-ring (bicyclic) bond motifs is 2. The zero-order chi connectivity index (χ0) is 25.1. The van der Waals surface area contributed by atoms with E-state index in [1.165, 1.54) is 22.9 Å². The highest BCUT2D eigenvalue weighted by atomic mass is 19.1. The predicted octanol–water partition coefficient (Wildman–Crippen LogP) is 7.43. The third-order valence-corrected chi connectivity index (χ3v) is 6.65. The number of benzene rings is 4. The van der Waals surface area contributed by atoms with Gasteiger partial charge in [-0.05, 0) is 79.1 Å². The molecule has 0 saturated heterocycles. The first-order valence-electron chi connectivity index (χ1n) is 12.4. The molecule has 0 radical (unpaired) electrons. The number of nitrogens with one attached hydrogen (secondary N) is 1. The first-order chi connectivity index (χ1) is 17.4. The third kappa shape index (κ3) is 5.23. The first kappa shape index (κ1) is 24.3. The van der Waals surface area contributed by atoms with E-state index in [0.717, 1.165) is 28.1 Å². The van der Waals surface area contributed by atoms with Gasteiger partial charge in [0.2, 0.25) is 0 Å². The number of halogens is 1. The van der Waals surface area contributed by atoms with Crippen molar-refractivity contribution in [1.82, 2.24) is 0 Å². The number of ether oxygens (including phenoxy) is 3. The molecule has 186 valence electrons. The monoisotopic (exact) mass is 485 g/mol. The summed E-state index contributed by atoms with van der Waals surface area (Å²) in [7, 11) is 0. The number of hydrogen-bond donors (Lipinski definition) is 1. The predicted molar refractivity (Wildman–Crippen MR) is 142 cm³/mol. The van der Waals surface area contributed by atoms with Gasteiger partial charge in [0.05, 0.1) is 6.61 Å². The summed E-state index contributed by atoms with van der Waals surface area (Å²) in [5.41, 5.74) is 3.44. The largest absolute Gasteiger partial charge is 0.485 e. The van der Waals surface area contributed by atoms with Crippen molar-refractivity contribution >= 4 is 16.5 Å². The molecule has 5 rings (SSSR count). The van der Waals surface area contributed by atoms with Gasteiger partial charge in [-0.15, -0.1) is 0 Å². The van der Waals surface area contributed by atoms with Crippen molar-refractivity contribution in [2.75, 3.05) is 11.9 Å². The van der Waals surface area contributed by atoms with Gasteiger partial charge in [-0.25, -0.2) is 4.39 Å². The molecular formula is C31H32FNO3. The van der Waals surface area contributed by atoms with Gasteiger partial charge in [-0.3, -0.25) is 0 Å². The minimum atomic E-state index is -0.577. The topological polar surface area (TPSA) is 39.7 Å². The van der Waals surface area contributed by atoms with Crippen LogP contribution in [-0.2, 0) is 22.6 Å². The van der Waals surface area contributed by atoms with E-state index in [1.807, 2.05) is 39.0 Å². The van der Waals surface area contributed by atoms with Gasteiger partial charge in [0.15, 0.2) is 0 Å². The molecule has 0 bridgehead atoms. The summed E-state index contributed by atoms with van der Waals surface area (Å²) in [5, 5.41) is 5.84. The van der Waals surface area contributed by atoms with E-state index >= 15 is 0 Å². The minimum Gasteiger partial charge on any atom is -0.485 e. The summed E-state index contributed by atoms with van der Waals surface area (Å²) in [6, 6.07) is 27.3. The molecule has 0 aromatic heterocycles. The van der Waals surface area contributed by atoms with Crippen molar-refractivity contribution < 1.29 is 18.6 Å². The molecule has 0 fully saturated rings. The van der Waals surface area contributed by atoms with Crippen LogP contribution >= 0.6 is 0 Å². The molecule has 0 aliphatic carbocycles. The van der Waals surface area contributed by atoms with Crippen LogP contribution in [0.5, 0.6) is 5.75 Å². The fourth-order valence-electron chi connectivity index (χ4n) is 4.81. The van der Waals surface area contributed by atoms with Crippen LogP contribution in [0.1, 0.15) is 43.6 Å². The molecule has 2 atom stereocenters. The molecule has 4 aromatic rings. The number of hydrogen-bond acceptors (Lipinski definition) is 4. The van der Waals surface area contributed by atoms with E-state index in [1.54, 1.807) is 12.1 Å². The van der Waals surface area contributed by atoms with Crippen LogP contribution in [0.4, 0.5) is 10.1 Å². The number of rotatable bonds is 8. The van der Waals surface area contributed by atoms with Crippen LogP contribution in [-0.4, -0.2) is 18.3 Å². The number of anilines is 1. The first-order valence-corrected chi connectivity index (χ1v) is 12.4. The highest BCUT2D eigenvalue weighted by Crippen LogP contribution is 2.44. The van der Waals surface area contributed by atoms with Gasteiger partial charge in [0, 0.05) is 24.4 Å². The normalized spacial score (nSPS) is 18.4. The average molecular weight is 486 g/mol. The summed E-state index contributed by atoms with van der Waals surface area (Å²) in [6.07, 6.45) is -0.578. The highest BCUT2D eigenvalue weighted by molar-refractivity contribution is 5.82. The second kappa shape index (κ2) is 10.3. The maximum Gasteiger partial charge on any atom is 0.132 e. The summed E-state index contributed by atoms with van der Waals surface area (Å²) in [5.74, 6) is 0.568. The lowest BCUT2D eigenvalue weighted by atomic mass is 9.87. The van der Waals surface area contributed by atoms with Gasteiger partial charge in [-0.2, -0.15) is 0 Å². The quantitative estimate of drug-likeness (QED) is 0.282. The lowest BCUT2D eigenvalue weighted by Crippen LogP contribution is -2.51. The van der Waals surface area contributed by atoms with Gasteiger partial charge in [0.1, 0.15) is 29.4 Å². The smallest absolute Gasteiger partial charge is 0.132 e. The fourth-order valence-corrected chi connectivity index (χ4v) is 4.81. The summed E-state index contributed by atoms with van der Waals surface area (Å²) in [4.78, 5) is 0. The van der Waals surface area contributed by atoms with Gasteiger partial charge in [-0.1, -0.05) is 48.5 Å². The Morgan fingerprint density at radius 3 is 2.39 bits per heavy atom. The van der Waals surface area contributed by atoms with Crippen molar-refractivity contribution in [3.8, 4) is 5.75 Å². The van der Waals surface area contributed by atoms with Gasteiger partial charge >= 0.3 is 0 Å². The highest BCUT2D eigenvalue weighted by Gasteiger charge is 2.45. The Morgan fingerprint density at radius 1 is 0.861 bits per heavy atom. The average Bonchev–Trinajstić information content (AvgIpc) is 2.88. The van der Waals surface area contributed by atoms with Crippen LogP contribution < -0.4 is 10.1 Å². The van der Waals surface area contributed by atoms with E-state index in [-0.39, 0.29) is 18.0 Å². The molecule has 36 heavy (non-hydrogen) atoms. The van der Waals surface area contributed by atoms with Gasteiger partial charge in [0.25, 0.3) is 0 Å². The Labute approximate surface area is 212 Å². The minimum absolute atomic E-state index is 0.235. The Bertz CT molecular complexity index is 1340. The zero-order valence-electron chi connectivity index (χ0n) is 21.0. The Hall–Kier alpha value is -3.41. The van der Waals surface area contributed by atoms with Crippen molar-refractivity contribution in [3.63, 3.8) is 0 Å². The maximum atomic E-state index is 13.2. The molecule has 4 aromatic carbocycles. The molecule has 0 spiro atoms.